The first-order chi connectivity index (χ1) is 15.0. The van der Waals surface area contributed by atoms with Crippen molar-refractivity contribution >= 4 is 5.96 Å². The summed E-state index contributed by atoms with van der Waals surface area (Å²) in [6.45, 7) is 3.72. The lowest BCUT2D eigenvalue weighted by atomic mass is 10.0. The number of likely N-dealkylation sites (tertiary alicyclic amines) is 1. The molecule has 8 nitrogen and oxygen atoms in total. The summed E-state index contributed by atoms with van der Waals surface area (Å²) < 4.78 is 7.50. The van der Waals surface area contributed by atoms with Crippen molar-refractivity contribution in [2.75, 3.05) is 54.4 Å². The number of ether oxygens (including phenoxy) is 1. The summed E-state index contributed by atoms with van der Waals surface area (Å²) in [4.78, 5) is 9.19. The van der Waals surface area contributed by atoms with Crippen molar-refractivity contribution in [3.63, 3.8) is 0 Å². The molecule has 1 aliphatic rings. The Morgan fingerprint density at radius 2 is 1.90 bits per heavy atom. The second-order valence-electron chi connectivity index (χ2n) is 8.26. The molecular weight excluding hydrogens is 390 g/mol. The number of hydrogen-bond acceptors (Lipinski definition) is 5. The van der Waals surface area contributed by atoms with Crippen LogP contribution in [0.2, 0.25) is 0 Å². The summed E-state index contributed by atoms with van der Waals surface area (Å²) in [6.07, 6.45) is 6.48. The molecule has 0 spiro atoms. The van der Waals surface area contributed by atoms with E-state index in [1.807, 2.05) is 37.1 Å². The summed E-state index contributed by atoms with van der Waals surface area (Å²) in [5.74, 6) is 1.74. The average Bonchev–Trinajstić information content (AvgIpc) is 3.45. The number of hydrogen-bond donors (Lipinski definition) is 2. The predicted molar refractivity (Wildman–Crippen MR) is 126 cm³/mol. The fraction of sp³-hybridized carbons (Fsp3) is 0.565. The van der Waals surface area contributed by atoms with Gasteiger partial charge in [-0.2, -0.15) is 5.10 Å². The first kappa shape index (κ1) is 23.1. The number of guanidine groups is 1. The van der Waals surface area contributed by atoms with E-state index in [0.717, 1.165) is 37.9 Å². The van der Waals surface area contributed by atoms with Crippen molar-refractivity contribution in [1.82, 2.24) is 30.2 Å². The predicted octanol–water partition coefficient (Wildman–Crippen LogP) is 2.03. The lowest BCUT2D eigenvalue weighted by molar-refractivity contribution is 0.239. The van der Waals surface area contributed by atoms with Gasteiger partial charge in [0, 0.05) is 44.5 Å². The van der Waals surface area contributed by atoms with Crippen LogP contribution in [0.15, 0.2) is 41.7 Å². The molecule has 31 heavy (non-hydrogen) atoms. The summed E-state index contributed by atoms with van der Waals surface area (Å²) in [5, 5.41) is 11.4. The molecule has 2 heterocycles. The Morgan fingerprint density at radius 1 is 1.19 bits per heavy atom. The van der Waals surface area contributed by atoms with E-state index in [4.69, 9.17) is 4.74 Å². The highest BCUT2D eigenvalue weighted by atomic mass is 16.5. The van der Waals surface area contributed by atoms with Crippen molar-refractivity contribution in [1.29, 1.82) is 0 Å². The van der Waals surface area contributed by atoms with E-state index in [1.165, 1.54) is 24.0 Å². The van der Waals surface area contributed by atoms with Crippen LogP contribution in [-0.4, -0.2) is 80.0 Å². The van der Waals surface area contributed by atoms with Gasteiger partial charge in [-0.3, -0.25) is 14.6 Å². The molecule has 1 fully saturated rings. The maximum atomic E-state index is 5.66. The van der Waals surface area contributed by atoms with E-state index in [0.29, 0.717) is 0 Å². The molecule has 0 bridgehead atoms. The molecule has 1 saturated heterocycles. The molecule has 2 N–H and O–H groups in total. The third-order valence-electron chi connectivity index (χ3n) is 5.96. The summed E-state index contributed by atoms with van der Waals surface area (Å²) >= 11 is 0. The van der Waals surface area contributed by atoms with E-state index >= 15 is 0 Å². The SMILES string of the molecule is CN=C(NCC(c1cnn(C)c1)N(C)C)NCC(c1ccccc1OC)N1CCCC1. The van der Waals surface area contributed by atoms with Crippen molar-refractivity contribution in [2.24, 2.45) is 12.0 Å². The zero-order valence-corrected chi connectivity index (χ0v) is 19.5. The van der Waals surface area contributed by atoms with Crippen LogP contribution >= 0.6 is 0 Å². The van der Waals surface area contributed by atoms with Crippen LogP contribution in [0, 0.1) is 0 Å². The molecule has 2 atom stereocenters. The Bertz CT molecular complexity index is 842. The summed E-state index contributed by atoms with van der Waals surface area (Å²) in [6, 6.07) is 8.77. The third-order valence-corrected chi connectivity index (χ3v) is 5.96. The Morgan fingerprint density at radius 3 is 2.52 bits per heavy atom. The molecule has 1 aliphatic heterocycles. The lowest BCUT2D eigenvalue weighted by Crippen LogP contribution is -2.45. The normalized spacial score (nSPS) is 17.0. The van der Waals surface area contributed by atoms with Gasteiger partial charge < -0.3 is 20.3 Å². The molecule has 2 aromatic rings. The molecule has 170 valence electrons. The number of methoxy groups -OCH3 is 1. The summed E-state index contributed by atoms with van der Waals surface area (Å²) in [7, 11) is 9.67. The minimum absolute atomic E-state index is 0.204. The molecule has 0 amide bonds. The standard InChI is InChI=1S/C23H37N7O/c1-24-23(25-15-20(28(2)3)18-14-27-29(4)17-18)26-16-21(30-12-8-9-13-30)19-10-6-7-11-22(19)31-5/h6-7,10-11,14,17,20-21H,8-9,12-13,15-16H2,1-5H3,(H2,24,25,26). The van der Waals surface area contributed by atoms with Crippen LogP contribution < -0.4 is 15.4 Å². The van der Waals surface area contributed by atoms with Crippen molar-refractivity contribution < 1.29 is 4.74 Å². The highest BCUT2D eigenvalue weighted by Crippen LogP contribution is 2.31. The zero-order valence-electron chi connectivity index (χ0n) is 19.5. The number of rotatable bonds is 9. The van der Waals surface area contributed by atoms with Crippen LogP contribution in [0.1, 0.15) is 36.1 Å². The Labute approximate surface area is 186 Å². The topological polar surface area (TPSA) is 70.0 Å². The fourth-order valence-electron chi connectivity index (χ4n) is 4.25. The Hall–Kier alpha value is -2.58. The lowest BCUT2D eigenvalue weighted by Gasteiger charge is -2.30. The number of aryl methyl sites for hydroxylation is 1. The van der Waals surface area contributed by atoms with Crippen molar-refractivity contribution in [3.8, 4) is 5.75 Å². The third kappa shape index (κ3) is 5.98. The van der Waals surface area contributed by atoms with E-state index in [9.17, 15) is 0 Å². The number of likely N-dealkylation sites (N-methyl/N-ethyl adjacent to an activating group) is 1. The van der Waals surface area contributed by atoms with Gasteiger partial charge >= 0.3 is 0 Å². The summed E-state index contributed by atoms with van der Waals surface area (Å²) in [5.41, 5.74) is 2.40. The Balaban J connectivity index is 1.66. The number of benzene rings is 1. The van der Waals surface area contributed by atoms with Crippen molar-refractivity contribution in [3.05, 3.63) is 47.8 Å². The molecule has 1 aromatic carbocycles. The van der Waals surface area contributed by atoms with Crippen LogP contribution in [-0.2, 0) is 7.05 Å². The highest BCUT2D eigenvalue weighted by Gasteiger charge is 2.26. The average molecular weight is 428 g/mol. The highest BCUT2D eigenvalue weighted by molar-refractivity contribution is 5.79. The molecular formula is C23H37N7O. The van der Waals surface area contributed by atoms with E-state index < -0.39 is 0 Å². The smallest absolute Gasteiger partial charge is 0.191 e. The van der Waals surface area contributed by atoms with Gasteiger partial charge in [-0.25, -0.2) is 0 Å². The largest absolute Gasteiger partial charge is 0.496 e. The van der Waals surface area contributed by atoms with Crippen LogP contribution in [0.5, 0.6) is 5.75 Å². The van der Waals surface area contributed by atoms with Gasteiger partial charge in [-0.1, -0.05) is 18.2 Å². The van der Waals surface area contributed by atoms with Gasteiger partial charge in [0.05, 0.1) is 25.4 Å². The second kappa shape index (κ2) is 11.2. The van der Waals surface area contributed by atoms with E-state index in [-0.39, 0.29) is 12.1 Å². The molecule has 0 saturated carbocycles. The molecule has 0 radical (unpaired) electrons. The van der Waals surface area contributed by atoms with E-state index in [1.54, 1.807) is 7.11 Å². The quantitative estimate of drug-likeness (QED) is 0.471. The van der Waals surface area contributed by atoms with Gasteiger partial charge in [0.2, 0.25) is 0 Å². The van der Waals surface area contributed by atoms with Crippen LogP contribution in [0.3, 0.4) is 0 Å². The maximum Gasteiger partial charge on any atom is 0.191 e. The van der Waals surface area contributed by atoms with Gasteiger partial charge in [0.1, 0.15) is 5.75 Å². The van der Waals surface area contributed by atoms with E-state index in [2.05, 4.69) is 62.9 Å². The molecule has 0 aliphatic carbocycles. The van der Waals surface area contributed by atoms with Crippen molar-refractivity contribution in [2.45, 2.75) is 24.9 Å². The molecule has 8 heteroatoms. The fourth-order valence-corrected chi connectivity index (χ4v) is 4.25. The number of aliphatic imine (C=N–C) groups is 1. The number of nitrogens with one attached hydrogen (secondary N) is 2. The minimum atomic E-state index is 0.204. The molecule has 1 aromatic heterocycles. The second-order valence-corrected chi connectivity index (χ2v) is 8.26. The minimum Gasteiger partial charge on any atom is -0.496 e. The van der Waals surface area contributed by atoms with Crippen LogP contribution in [0.4, 0.5) is 0 Å². The van der Waals surface area contributed by atoms with Gasteiger partial charge in [-0.15, -0.1) is 0 Å². The number of para-hydroxylation sites is 1. The van der Waals surface area contributed by atoms with Gasteiger partial charge in [0.15, 0.2) is 5.96 Å². The number of nitrogens with zero attached hydrogens (tertiary/aromatic N) is 5. The van der Waals surface area contributed by atoms with Crippen LogP contribution in [0.25, 0.3) is 0 Å². The zero-order chi connectivity index (χ0) is 22.2. The maximum absolute atomic E-state index is 5.66. The number of aromatic nitrogens is 2. The Kier molecular flexibility index (Phi) is 8.31. The van der Waals surface area contributed by atoms with Gasteiger partial charge in [0.25, 0.3) is 0 Å². The first-order valence-corrected chi connectivity index (χ1v) is 11.0. The molecule has 3 rings (SSSR count). The monoisotopic (exact) mass is 427 g/mol. The first-order valence-electron chi connectivity index (χ1n) is 11.0. The molecule has 2 unspecified atom stereocenters. The van der Waals surface area contributed by atoms with Gasteiger partial charge in [-0.05, 0) is 46.1 Å².